The first-order valence-corrected chi connectivity index (χ1v) is 10.9. The molecule has 27 heavy (non-hydrogen) atoms. The summed E-state index contributed by atoms with van der Waals surface area (Å²) < 4.78 is 0. The summed E-state index contributed by atoms with van der Waals surface area (Å²) >= 11 is 0. The topological polar surface area (TPSA) is 80.5 Å². The fourth-order valence-corrected chi connectivity index (χ4v) is 4.88. The monoisotopic (exact) mass is 380 g/mol. The molecular formula is C20H40N6O. The minimum atomic E-state index is 0.209. The molecule has 1 amide bonds. The second-order valence-corrected chi connectivity index (χ2v) is 9.07. The van der Waals surface area contributed by atoms with Crippen molar-refractivity contribution in [1.29, 1.82) is 0 Å². The van der Waals surface area contributed by atoms with Gasteiger partial charge in [0.05, 0.1) is 12.3 Å². The highest BCUT2D eigenvalue weighted by molar-refractivity contribution is 5.78. The normalized spacial score (nSPS) is 38.3. The number of rotatable bonds is 6. The number of nitrogens with zero attached hydrogens (tertiary/aromatic N) is 1. The van der Waals surface area contributed by atoms with Crippen molar-refractivity contribution >= 4 is 5.91 Å². The summed E-state index contributed by atoms with van der Waals surface area (Å²) in [5.74, 6) is 1.08. The zero-order valence-corrected chi connectivity index (χ0v) is 17.6. The van der Waals surface area contributed by atoms with Gasteiger partial charge in [0, 0.05) is 38.1 Å². The van der Waals surface area contributed by atoms with Crippen molar-refractivity contribution in [3.05, 3.63) is 0 Å². The molecule has 0 aromatic carbocycles. The Hall–Kier alpha value is -0.730. The van der Waals surface area contributed by atoms with Crippen molar-refractivity contribution in [3.63, 3.8) is 0 Å². The van der Waals surface area contributed by atoms with E-state index in [9.17, 15) is 4.79 Å². The fraction of sp³-hybridized carbons (Fsp3) is 0.950. The highest BCUT2D eigenvalue weighted by Gasteiger charge is 2.34. The molecule has 4 unspecified atom stereocenters. The maximum Gasteiger partial charge on any atom is 0.222 e. The van der Waals surface area contributed by atoms with Gasteiger partial charge in [-0.1, -0.05) is 13.8 Å². The lowest BCUT2D eigenvalue weighted by molar-refractivity contribution is -0.125. The zero-order valence-electron chi connectivity index (χ0n) is 17.6. The summed E-state index contributed by atoms with van der Waals surface area (Å²) in [7, 11) is 3.90. The van der Waals surface area contributed by atoms with Crippen molar-refractivity contribution in [2.24, 2.45) is 11.8 Å². The average molecular weight is 381 g/mol. The Kier molecular flexibility index (Phi) is 7.50. The van der Waals surface area contributed by atoms with E-state index < -0.39 is 0 Å². The van der Waals surface area contributed by atoms with Crippen LogP contribution in [0.3, 0.4) is 0 Å². The molecule has 1 aliphatic carbocycles. The molecule has 2 heterocycles. The molecule has 3 rings (SSSR count). The van der Waals surface area contributed by atoms with Gasteiger partial charge < -0.3 is 10.6 Å². The van der Waals surface area contributed by atoms with E-state index >= 15 is 0 Å². The van der Waals surface area contributed by atoms with Crippen LogP contribution in [0.2, 0.25) is 0 Å². The van der Waals surface area contributed by atoms with E-state index in [2.05, 4.69) is 52.6 Å². The van der Waals surface area contributed by atoms with Gasteiger partial charge in [0.2, 0.25) is 5.91 Å². The van der Waals surface area contributed by atoms with Gasteiger partial charge in [-0.2, -0.15) is 0 Å². The molecule has 0 bridgehead atoms. The quantitative estimate of drug-likeness (QED) is 0.468. The van der Waals surface area contributed by atoms with Crippen LogP contribution in [0.5, 0.6) is 0 Å². The van der Waals surface area contributed by atoms with Gasteiger partial charge in [-0.25, -0.2) is 5.01 Å². The lowest BCUT2D eigenvalue weighted by atomic mass is 9.85. The molecule has 7 nitrogen and oxygen atoms in total. The molecule has 2 saturated heterocycles. The number of piperidine rings is 1. The predicted octanol–water partition coefficient (Wildman–Crippen LogP) is 0.739. The van der Waals surface area contributed by atoms with Crippen molar-refractivity contribution in [2.75, 3.05) is 20.6 Å². The third-order valence-corrected chi connectivity index (χ3v) is 6.73. The van der Waals surface area contributed by atoms with Gasteiger partial charge in [0.25, 0.3) is 0 Å². The number of hydrogen-bond donors (Lipinski definition) is 5. The van der Waals surface area contributed by atoms with Crippen LogP contribution >= 0.6 is 0 Å². The Morgan fingerprint density at radius 1 is 1.04 bits per heavy atom. The molecule has 1 saturated carbocycles. The maximum atomic E-state index is 11.8. The van der Waals surface area contributed by atoms with Gasteiger partial charge >= 0.3 is 0 Å². The molecule has 0 aromatic rings. The van der Waals surface area contributed by atoms with E-state index in [0.717, 1.165) is 38.6 Å². The van der Waals surface area contributed by atoms with Gasteiger partial charge in [-0.15, -0.1) is 0 Å². The maximum absolute atomic E-state index is 11.8. The molecule has 4 atom stereocenters. The van der Waals surface area contributed by atoms with Crippen LogP contribution in [0, 0.1) is 11.8 Å². The number of nitrogens with one attached hydrogen (secondary N) is 5. The van der Waals surface area contributed by atoms with Gasteiger partial charge in [-0.05, 0) is 57.4 Å². The van der Waals surface area contributed by atoms with E-state index in [-0.39, 0.29) is 11.8 Å². The van der Waals surface area contributed by atoms with Crippen molar-refractivity contribution in [3.8, 4) is 0 Å². The Labute approximate surface area is 164 Å². The predicted molar refractivity (Wildman–Crippen MR) is 109 cm³/mol. The van der Waals surface area contributed by atoms with Gasteiger partial charge in [0.1, 0.15) is 0 Å². The minimum Gasteiger partial charge on any atom is -0.359 e. The summed E-state index contributed by atoms with van der Waals surface area (Å²) in [6, 6.07) is 1.65. The second-order valence-electron chi connectivity index (χ2n) is 9.07. The standard InChI is InChI=1S/C20H40N6O/c1-13(2)17-12-19(26(4)25-17)24-16-9-10-22-18(11-16)23-15-7-5-14(6-8-15)20(27)21-3/h13-19,22-25H,5-12H2,1-4H3,(H,21,27). The van der Waals surface area contributed by atoms with E-state index in [4.69, 9.17) is 0 Å². The molecular weight excluding hydrogens is 340 g/mol. The van der Waals surface area contributed by atoms with E-state index in [0.29, 0.717) is 36.4 Å². The smallest absolute Gasteiger partial charge is 0.222 e. The second kappa shape index (κ2) is 9.65. The molecule has 0 radical (unpaired) electrons. The SMILES string of the molecule is CNC(=O)C1CCC(NC2CC(NC3CC(C(C)C)NN3C)CCN2)CC1. The zero-order chi connectivity index (χ0) is 19.4. The average Bonchev–Trinajstić information content (AvgIpc) is 3.03. The summed E-state index contributed by atoms with van der Waals surface area (Å²) in [5.41, 5.74) is 3.59. The number of carbonyl (C=O) groups is 1. The van der Waals surface area contributed by atoms with Crippen LogP contribution in [-0.4, -0.2) is 62.0 Å². The summed E-state index contributed by atoms with van der Waals surface area (Å²) in [4.78, 5) is 11.8. The molecule has 0 spiro atoms. The molecule has 0 aromatic heterocycles. The lowest BCUT2D eigenvalue weighted by Gasteiger charge is -2.37. The molecule has 3 fully saturated rings. The van der Waals surface area contributed by atoms with Crippen LogP contribution in [0.15, 0.2) is 0 Å². The van der Waals surface area contributed by atoms with Crippen molar-refractivity contribution < 1.29 is 4.79 Å². The summed E-state index contributed by atoms with van der Waals surface area (Å²) in [6.45, 7) is 5.63. The van der Waals surface area contributed by atoms with Gasteiger partial charge in [-0.3, -0.25) is 20.9 Å². The lowest BCUT2D eigenvalue weighted by Crippen LogP contribution is -2.58. The first-order valence-electron chi connectivity index (χ1n) is 10.9. The third-order valence-electron chi connectivity index (χ3n) is 6.73. The van der Waals surface area contributed by atoms with Crippen LogP contribution in [0.4, 0.5) is 0 Å². The van der Waals surface area contributed by atoms with E-state index in [1.807, 2.05) is 0 Å². The number of amides is 1. The summed E-state index contributed by atoms with van der Waals surface area (Å²) in [6.07, 6.45) is 8.45. The van der Waals surface area contributed by atoms with Crippen LogP contribution < -0.4 is 26.7 Å². The van der Waals surface area contributed by atoms with Crippen LogP contribution in [-0.2, 0) is 4.79 Å². The Bertz CT molecular complexity index is 479. The first-order chi connectivity index (χ1) is 13.0. The highest BCUT2D eigenvalue weighted by Crippen LogP contribution is 2.25. The first kappa shape index (κ1) is 21.0. The van der Waals surface area contributed by atoms with Crippen molar-refractivity contribution in [2.45, 2.75) is 89.3 Å². The molecule has 5 N–H and O–H groups in total. The van der Waals surface area contributed by atoms with Crippen molar-refractivity contribution in [1.82, 2.24) is 31.7 Å². The third kappa shape index (κ3) is 5.64. The molecule has 2 aliphatic heterocycles. The summed E-state index contributed by atoms with van der Waals surface area (Å²) in [5, 5.41) is 16.4. The number of carbonyl (C=O) groups excluding carboxylic acids is 1. The molecule has 7 heteroatoms. The van der Waals surface area contributed by atoms with E-state index in [1.54, 1.807) is 7.05 Å². The number of hydrogen-bond acceptors (Lipinski definition) is 6. The Morgan fingerprint density at radius 2 is 1.78 bits per heavy atom. The Balaban J connectivity index is 1.42. The Morgan fingerprint density at radius 3 is 2.41 bits per heavy atom. The van der Waals surface area contributed by atoms with Crippen LogP contribution in [0.25, 0.3) is 0 Å². The molecule has 3 aliphatic rings. The van der Waals surface area contributed by atoms with Crippen LogP contribution in [0.1, 0.15) is 58.8 Å². The molecule has 156 valence electrons. The largest absolute Gasteiger partial charge is 0.359 e. The van der Waals surface area contributed by atoms with Gasteiger partial charge in [0.15, 0.2) is 0 Å². The fourth-order valence-electron chi connectivity index (χ4n) is 4.88. The van der Waals surface area contributed by atoms with E-state index in [1.165, 1.54) is 12.8 Å². The minimum absolute atomic E-state index is 0.209. The number of hydrazine groups is 1. The highest BCUT2D eigenvalue weighted by atomic mass is 16.1.